The third kappa shape index (κ3) is 6.32. The number of nitrogens with zero attached hydrogens (tertiary/aromatic N) is 2. The van der Waals surface area contributed by atoms with Crippen molar-refractivity contribution in [3.63, 3.8) is 0 Å². The molecule has 1 fully saturated rings. The summed E-state index contributed by atoms with van der Waals surface area (Å²) in [6.07, 6.45) is 2.86. The molecule has 0 aliphatic carbocycles. The Bertz CT molecular complexity index is 1250. The van der Waals surface area contributed by atoms with Crippen molar-refractivity contribution in [2.75, 3.05) is 26.7 Å². The number of aliphatic hydroxyl groups excluding tert-OH is 1. The van der Waals surface area contributed by atoms with Crippen LogP contribution >= 0.6 is 11.6 Å². The molecule has 7 heteroatoms. The van der Waals surface area contributed by atoms with Gasteiger partial charge in [-0.15, -0.1) is 0 Å². The van der Waals surface area contributed by atoms with E-state index in [0.29, 0.717) is 36.7 Å². The Morgan fingerprint density at radius 3 is 2.91 bits per heavy atom. The van der Waals surface area contributed by atoms with E-state index < -0.39 is 18.0 Å². The highest BCUT2D eigenvalue weighted by molar-refractivity contribution is 6.30. The molecule has 2 aromatic carbocycles. The van der Waals surface area contributed by atoms with Crippen LogP contribution in [-0.2, 0) is 4.79 Å². The van der Waals surface area contributed by atoms with Crippen molar-refractivity contribution < 1.29 is 19.7 Å². The first-order chi connectivity index (χ1) is 16.9. The lowest BCUT2D eigenvalue weighted by molar-refractivity contribution is -0.146. The smallest absolute Gasteiger partial charge is 0.308 e. The van der Waals surface area contributed by atoms with Crippen molar-refractivity contribution in [1.82, 2.24) is 9.88 Å². The number of carboxylic acids is 1. The van der Waals surface area contributed by atoms with Gasteiger partial charge in [-0.3, -0.25) is 14.7 Å². The number of carboxylic acid groups (broad SMARTS) is 1. The molecule has 2 heterocycles. The van der Waals surface area contributed by atoms with Crippen molar-refractivity contribution in [3.8, 4) is 17.6 Å². The maximum Gasteiger partial charge on any atom is 0.308 e. The number of hydrogen-bond donors (Lipinski definition) is 2. The van der Waals surface area contributed by atoms with Crippen LogP contribution in [-0.4, -0.2) is 52.8 Å². The van der Waals surface area contributed by atoms with Gasteiger partial charge in [-0.05, 0) is 79.8 Å². The molecule has 1 aliphatic rings. The quantitative estimate of drug-likeness (QED) is 0.462. The number of aromatic nitrogens is 1. The molecule has 4 rings (SSSR count). The van der Waals surface area contributed by atoms with Gasteiger partial charge in [-0.25, -0.2) is 0 Å². The summed E-state index contributed by atoms with van der Waals surface area (Å²) in [6, 6.07) is 14.8. The lowest BCUT2D eigenvalue weighted by atomic mass is 9.81. The molecule has 0 radical (unpaired) electrons. The van der Waals surface area contributed by atoms with Gasteiger partial charge in [-0.2, -0.15) is 0 Å². The highest BCUT2D eigenvalue weighted by atomic mass is 35.5. The Balaban J connectivity index is 1.38. The van der Waals surface area contributed by atoms with Crippen LogP contribution in [0.3, 0.4) is 0 Å². The van der Waals surface area contributed by atoms with Gasteiger partial charge in [0.05, 0.1) is 31.2 Å². The molecule has 0 saturated carbocycles. The first-order valence-electron chi connectivity index (χ1n) is 11.7. The average molecular weight is 493 g/mol. The zero-order valence-electron chi connectivity index (χ0n) is 19.7. The summed E-state index contributed by atoms with van der Waals surface area (Å²) in [4.78, 5) is 18.5. The SMILES string of the molecule is COc1ccc2nccc([C@H](O)CC[C@@H]3CCN(CC#Cc4cccc(Cl)c4)C[C@@H]3C(=O)O)c2c1. The van der Waals surface area contributed by atoms with Crippen molar-refractivity contribution in [1.29, 1.82) is 0 Å². The second-order valence-electron chi connectivity index (χ2n) is 8.92. The van der Waals surface area contributed by atoms with Crippen LogP contribution in [0.1, 0.15) is 36.5 Å². The fourth-order valence-corrected chi connectivity index (χ4v) is 4.94. The fraction of sp³-hybridized carbons (Fsp3) is 0.357. The second-order valence-corrected chi connectivity index (χ2v) is 9.35. The summed E-state index contributed by atoms with van der Waals surface area (Å²) >= 11 is 6.01. The summed E-state index contributed by atoms with van der Waals surface area (Å²) in [6.45, 7) is 1.75. The van der Waals surface area contributed by atoms with Gasteiger partial charge in [0.15, 0.2) is 0 Å². The van der Waals surface area contributed by atoms with Gasteiger partial charge in [0.2, 0.25) is 0 Å². The second kappa shape index (κ2) is 11.5. The molecular formula is C28H29ClN2O4. The van der Waals surface area contributed by atoms with Crippen LogP contribution in [0.5, 0.6) is 5.75 Å². The molecule has 0 unspecified atom stereocenters. The molecule has 1 saturated heterocycles. The first-order valence-corrected chi connectivity index (χ1v) is 12.1. The van der Waals surface area contributed by atoms with Gasteiger partial charge < -0.3 is 14.9 Å². The number of hydrogen-bond acceptors (Lipinski definition) is 5. The van der Waals surface area contributed by atoms with E-state index in [-0.39, 0.29) is 5.92 Å². The number of methoxy groups -OCH3 is 1. The largest absolute Gasteiger partial charge is 0.497 e. The number of halogens is 1. The number of pyridine rings is 1. The van der Waals surface area contributed by atoms with Crippen molar-refractivity contribution in [2.24, 2.45) is 11.8 Å². The van der Waals surface area contributed by atoms with Gasteiger partial charge in [0.1, 0.15) is 5.75 Å². The predicted molar refractivity (Wildman–Crippen MR) is 136 cm³/mol. The Kier molecular flexibility index (Phi) is 8.25. The molecule has 0 bridgehead atoms. The van der Waals surface area contributed by atoms with Gasteiger partial charge in [-0.1, -0.05) is 29.5 Å². The molecule has 3 atom stereocenters. The zero-order valence-corrected chi connectivity index (χ0v) is 20.4. The number of ether oxygens (including phenoxy) is 1. The van der Waals surface area contributed by atoms with Crippen molar-refractivity contribution >= 4 is 28.5 Å². The van der Waals surface area contributed by atoms with E-state index in [1.54, 1.807) is 19.4 Å². The molecule has 0 amide bonds. The highest BCUT2D eigenvalue weighted by Gasteiger charge is 2.34. The molecule has 3 aromatic rings. The molecule has 182 valence electrons. The summed E-state index contributed by atoms with van der Waals surface area (Å²) < 4.78 is 5.33. The van der Waals surface area contributed by atoms with Crippen molar-refractivity contribution in [2.45, 2.75) is 25.4 Å². The van der Waals surface area contributed by atoms with E-state index in [0.717, 1.165) is 35.0 Å². The van der Waals surface area contributed by atoms with Crippen LogP contribution in [0.4, 0.5) is 0 Å². The number of aliphatic hydroxyl groups is 1. The molecular weight excluding hydrogens is 464 g/mol. The molecule has 2 N–H and O–H groups in total. The number of carbonyl (C=O) groups is 1. The van der Waals surface area contributed by atoms with E-state index in [9.17, 15) is 15.0 Å². The maximum atomic E-state index is 12.0. The van der Waals surface area contributed by atoms with Crippen LogP contribution in [0.15, 0.2) is 54.7 Å². The lowest BCUT2D eigenvalue weighted by Gasteiger charge is -2.36. The van der Waals surface area contributed by atoms with Crippen molar-refractivity contribution in [3.05, 3.63) is 70.9 Å². The van der Waals surface area contributed by atoms with E-state index >= 15 is 0 Å². The minimum Gasteiger partial charge on any atom is -0.497 e. The van der Waals surface area contributed by atoms with Gasteiger partial charge in [0, 0.05) is 28.7 Å². The monoisotopic (exact) mass is 492 g/mol. The number of fused-ring (bicyclic) bond motifs is 1. The lowest BCUT2D eigenvalue weighted by Crippen LogP contribution is -2.44. The van der Waals surface area contributed by atoms with E-state index in [2.05, 4.69) is 21.7 Å². The topological polar surface area (TPSA) is 82.9 Å². The normalized spacial score (nSPS) is 19.1. The number of benzene rings is 2. The standard InChI is InChI=1S/C28H29ClN2O4/c1-35-22-8-9-26-24(17-22)23(11-13-30-26)27(32)10-7-20-12-15-31(18-25(20)28(33)34)14-3-5-19-4-2-6-21(29)16-19/h2,4,6,8-9,11,13,16-17,20,25,27,32H,7,10,12,14-15,18H2,1H3,(H,33,34)/t20-,25+,27-/m1/s1. The highest BCUT2D eigenvalue weighted by Crippen LogP contribution is 2.33. The van der Waals surface area contributed by atoms with Crippen LogP contribution in [0.25, 0.3) is 10.9 Å². The maximum absolute atomic E-state index is 12.0. The third-order valence-electron chi connectivity index (χ3n) is 6.67. The molecule has 1 aliphatic heterocycles. The predicted octanol–water partition coefficient (Wildman–Crippen LogP) is 4.78. The van der Waals surface area contributed by atoms with Gasteiger partial charge >= 0.3 is 5.97 Å². The van der Waals surface area contributed by atoms with Gasteiger partial charge in [0.25, 0.3) is 0 Å². The summed E-state index contributed by atoms with van der Waals surface area (Å²) in [5, 5.41) is 22.4. The van der Waals surface area contributed by atoms with E-state index in [4.69, 9.17) is 16.3 Å². The fourth-order valence-electron chi connectivity index (χ4n) is 4.75. The molecule has 1 aromatic heterocycles. The summed E-state index contributed by atoms with van der Waals surface area (Å²) in [7, 11) is 1.61. The molecule has 35 heavy (non-hydrogen) atoms. The third-order valence-corrected chi connectivity index (χ3v) is 6.90. The van der Waals surface area contributed by atoms with Crippen LogP contribution < -0.4 is 4.74 Å². The number of likely N-dealkylation sites (tertiary alicyclic amines) is 1. The Morgan fingerprint density at radius 1 is 1.29 bits per heavy atom. The average Bonchev–Trinajstić information content (AvgIpc) is 2.87. The Labute approximate surface area is 210 Å². The minimum absolute atomic E-state index is 0.00178. The minimum atomic E-state index is -0.795. The van der Waals surface area contributed by atoms with Crippen LogP contribution in [0, 0.1) is 23.7 Å². The number of piperidine rings is 1. The van der Waals surface area contributed by atoms with E-state index in [1.807, 2.05) is 42.5 Å². The number of rotatable bonds is 7. The summed E-state index contributed by atoms with van der Waals surface area (Å²) in [5.74, 6) is 5.66. The Hall–Kier alpha value is -3.11. The Morgan fingerprint density at radius 2 is 2.14 bits per heavy atom. The summed E-state index contributed by atoms with van der Waals surface area (Å²) in [5.41, 5.74) is 2.42. The van der Waals surface area contributed by atoms with Crippen LogP contribution in [0.2, 0.25) is 5.02 Å². The first kappa shape index (κ1) is 25.0. The number of aliphatic carboxylic acids is 1. The molecule has 6 nitrogen and oxygen atoms in total. The van der Waals surface area contributed by atoms with E-state index in [1.165, 1.54) is 0 Å². The zero-order chi connectivity index (χ0) is 24.8. The molecule has 0 spiro atoms.